The van der Waals surface area contributed by atoms with E-state index in [1.54, 1.807) is 6.07 Å². The number of halogens is 2. The van der Waals surface area contributed by atoms with Crippen molar-refractivity contribution in [3.8, 4) is 0 Å². The topological polar surface area (TPSA) is 38.9 Å². The summed E-state index contributed by atoms with van der Waals surface area (Å²) in [6, 6.07) is 1.77. The Kier molecular flexibility index (Phi) is 3.40. The van der Waals surface area contributed by atoms with E-state index in [0.29, 0.717) is 21.9 Å². The fraction of sp³-hybridized carbons (Fsp3) is 0.444. The van der Waals surface area contributed by atoms with Crippen molar-refractivity contribution in [2.24, 2.45) is 0 Å². The average Bonchev–Trinajstić information content (AvgIpc) is 2.10. The molecule has 0 spiro atoms. The minimum atomic E-state index is 0.294. The van der Waals surface area contributed by atoms with Crippen molar-refractivity contribution in [2.75, 3.05) is 5.73 Å². The fourth-order valence-corrected chi connectivity index (χ4v) is 1.58. The maximum Gasteiger partial charge on any atom is 0.153 e. The number of anilines is 1. The van der Waals surface area contributed by atoms with Crippen LogP contribution in [0.4, 0.5) is 5.69 Å². The highest BCUT2D eigenvalue weighted by atomic mass is 35.5. The molecular formula is C9H12Cl2N2. The second kappa shape index (κ2) is 4.16. The van der Waals surface area contributed by atoms with E-state index in [9.17, 15) is 0 Å². The van der Waals surface area contributed by atoms with Gasteiger partial charge < -0.3 is 5.73 Å². The van der Waals surface area contributed by atoms with E-state index in [1.165, 1.54) is 0 Å². The van der Waals surface area contributed by atoms with Crippen LogP contribution in [0.25, 0.3) is 0 Å². The number of nitrogen functional groups attached to an aromatic ring is 1. The van der Waals surface area contributed by atoms with Gasteiger partial charge in [0.25, 0.3) is 0 Å². The molecule has 2 N–H and O–H groups in total. The van der Waals surface area contributed by atoms with Gasteiger partial charge in [-0.05, 0) is 24.0 Å². The zero-order chi connectivity index (χ0) is 10.0. The highest BCUT2D eigenvalue weighted by Gasteiger charge is 2.11. The molecule has 1 unspecified atom stereocenters. The zero-order valence-corrected chi connectivity index (χ0v) is 9.15. The summed E-state index contributed by atoms with van der Waals surface area (Å²) >= 11 is 11.6. The van der Waals surface area contributed by atoms with Gasteiger partial charge in [0.1, 0.15) is 5.15 Å². The maximum atomic E-state index is 5.80. The van der Waals surface area contributed by atoms with Crippen LogP contribution in [-0.2, 0) is 0 Å². The van der Waals surface area contributed by atoms with Crippen LogP contribution in [0.1, 0.15) is 31.7 Å². The Morgan fingerprint density at radius 3 is 2.69 bits per heavy atom. The van der Waals surface area contributed by atoms with Gasteiger partial charge in [-0.2, -0.15) is 0 Å². The first-order chi connectivity index (χ1) is 6.06. The largest absolute Gasteiger partial charge is 0.396 e. The van der Waals surface area contributed by atoms with Gasteiger partial charge in [0.2, 0.25) is 0 Å². The van der Waals surface area contributed by atoms with E-state index < -0.39 is 0 Å². The van der Waals surface area contributed by atoms with Crippen molar-refractivity contribution in [2.45, 2.75) is 26.2 Å². The molecule has 0 aliphatic carbocycles. The summed E-state index contributed by atoms with van der Waals surface area (Å²) in [6.45, 7) is 4.17. The van der Waals surface area contributed by atoms with Crippen molar-refractivity contribution in [1.29, 1.82) is 0 Å². The third-order valence-corrected chi connectivity index (χ3v) is 2.64. The van der Waals surface area contributed by atoms with Crippen LogP contribution in [0.15, 0.2) is 6.07 Å². The van der Waals surface area contributed by atoms with E-state index in [0.717, 1.165) is 12.0 Å². The smallest absolute Gasteiger partial charge is 0.153 e. The average molecular weight is 219 g/mol. The Morgan fingerprint density at radius 1 is 1.54 bits per heavy atom. The second-order valence-corrected chi connectivity index (χ2v) is 3.79. The number of hydrogen-bond acceptors (Lipinski definition) is 2. The summed E-state index contributed by atoms with van der Waals surface area (Å²) < 4.78 is 0. The number of nitrogens with two attached hydrogens (primary N) is 1. The predicted molar refractivity (Wildman–Crippen MR) is 57.4 cm³/mol. The predicted octanol–water partition coefficient (Wildman–Crippen LogP) is 3.48. The summed E-state index contributed by atoms with van der Waals surface area (Å²) in [4.78, 5) is 3.86. The van der Waals surface area contributed by atoms with Crippen molar-refractivity contribution in [1.82, 2.24) is 4.98 Å². The lowest BCUT2D eigenvalue weighted by atomic mass is 9.98. The van der Waals surface area contributed by atoms with Crippen LogP contribution < -0.4 is 5.73 Å². The lowest BCUT2D eigenvalue weighted by Crippen LogP contribution is -2.01. The molecule has 0 radical (unpaired) electrons. The number of rotatable bonds is 2. The van der Waals surface area contributed by atoms with Crippen molar-refractivity contribution >= 4 is 28.9 Å². The minimum Gasteiger partial charge on any atom is -0.396 e. The molecule has 0 aliphatic rings. The summed E-state index contributed by atoms with van der Waals surface area (Å²) in [7, 11) is 0. The quantitative estimate of drug-likeness (QED) is 0.773. The minimum absolute atomic E-state index is 0.294. The molecule has 1 atom stereocenters. The molecule has 1 aromatic heterocycles. The van der Waals surface area contributed by atoms with Gasteiger partial charge in [0, 0.05) is 0 Å². The molecule has 0 bridgehead atoms. The molecule has 0 amide bonds. The zero-order valence-electron chi connectivity index (χ0n) is 7.64. The van der Waals surface area contributed by atoms with Gasteiger partial charge in [0.05, 0.1) is 5.69 Å². The molecule has 0 aromatic carbocycles. The molecule has 0 saturated carbocycles. The molecular weight excluding hydrogens is 207 g/mol. The third kappa shape index (κ3) is 2.26. The summed E-state index contributed by atoms with van der Waals surface area (Å²) in [5, 5.41) is 0.692. The molecule has 2 nitrogen and oxygen atoms in total. The Balaban J connectivity index is 3.20. The van der Waals surface area contributed by atoms with E-state index in [1.807, 2.05) is 0 Å². The third-order valence-electron chi connectivity index (χ3n) is 2.16. The van der Waals surface area contributed by atoms with Crippen LogP contribution in [0.2, 0.25) is 10.3 Å². The Hall–Kier alpha value is -0.470. The summed E-state index contributed by atoms with van der Waals surface area (Å²) in [5.74, 6) is 0.359. The first kappa shape index (κ1) is 10.6. The van der Waals surface area contributed by atoms with Crippen LogP contribution in [0.5, 0.6) is 0 Å². The maximum absolute atomic E-state index is 5.80. The normalized spacial score (nSPS) is 12.9. The van der Waals surface area contributed by atoms with Crippen LogP contribution in [0, 0.1) is 0 Å². The Labute approximate surface area is 88.1 Å². The molecule has 1 rings (SSSR count). The first-order valence-corrected chi connectivity index (χ1v) is 4.93. The van der Waals surface area contributed by atoms with E-state index in [-0.39, 0.29) is 0 Å². The highest BCUT2D eigenvalue weighted by Crippen LogP contribution is 2.31. The van der Waals surface area contributed by atoms with Gasteiger partial charge in [0.15, 0.2) is 5.15 Å². The molecule has 0 fully saturated rings. The molecule has 0 saturated heterocycles. The van der Waals surface area contributed by atoms with E-state index in [2.05, 4.69) is 18.8 Å². The van der Waals surface area contributed by atoms with Crippen molar-refractivity contribution in [3.05, 3.63) is 21.9 Å². The molecule has 13 heavy (non-hydrogen) atoms. The Bertz CT molecular complexity index is 313. The Morgan fingerprint density at radius 2 is 2.15 bits per heavy atom. The van der Waals surface area contributed by atoms with Gasteiger partial charge in [-0.25, -0.2) is 4.98 Å². The molecule has 1 heterocycles. The highest BCUT2D eigenvalue weighted by molar-refractivity contribution is 6.34. The van der Waals surface area contributed by atoms with Crippen LogP contribution in [-0.4, -0.2) is 4.98 Å². The first-order valence-electron chi connectivity index (χ1n) is 4.17. The van der Waals surface area contributed by atoms with Crippen LogP contribution in [0.3, 0.4) is 0 Å². The standard InChI is InChI=1S/C9H12Cl2N2/c1-3-5(2)6-4-7(10)13-9(11)8(6)12/h4-5H,3,12H2,1-2H3. The van der Waals surface area contributed by atoms with Gasteiger partial charge in [-0.1, -0.05) is 37.0 Å². The number of pyridine rings is 1. The number of aromatic nitrogens is 1. The second-order valence-electron chi connectivity index (χ2n) is 3.05. The van der Waals surface area contributed by atoms with E-state index >= 15 is 0 Å². The van der Waals surface area contributed by atoms with Crippen molar-refractivity contribution < 1.29 is 0 Å². The summed E-state index contributed by atoms with van der Waals surface area (Å²) in [6.07, 6.45) is 1.00. The molecule has 72 valence electrons. The fourth-order valence-electron chi connectivity index (χ4n) is 1.14. The van der Waals surface area contributed by atoms with Gasteiger partial charge in [-0.3, -0.25) is 0 Å². The van der Waals surface area contributed by atoms with Crippen LogP contribution >= 0.6 is 23.2 Å². The lowest BCUT2D eigenvalue weighted by Gasteiger charge is -2.12. The SMILES string of the molecule is CCC(C)c1cc(Cl)nc(Cl)c1N. The monoisotopic (exact) mass is 218 g/mol. The number of nitrogens with zero attached hydrogens (tertiary/aromatic N) is 1. The molecule has 1 aromatic rings. The number of hydrogen-bond donors (Lipinski definition) is 1. The van der Waals surface area contributed by atoms with Gasteiger partial charge >= 0.3 is 0 Å². The van der Waals surface area contributed by atoms with Crippen molar-refractivity contribution in [3.63, 3.8) is 0 Å². The van der Waals surface area contributed by atoms with E-state index in [4.69, 9.17) is 28.9 Å². The lowest BCUT2D eigenvalue weighted by molar-refractivity contribution is 0.734. The van der Waals surface area contributed by atoms with Gasteiger partial charge in [-0.15, -0.1) is 0 Å². The summed E-state index contributed by atoms with van der Waals surface area (Å²) in [5.41, 5.74) is 7.30. The molecule has 4 heteroatoms. The molecule has 0 aliphatic heterocycles.